The summed E-state index contributed by atoms with van der Waals surface area (Å²) in [5, 5.41) is 19.9. The van der Waals surface area contributed by atoms with Crippen LogP contribution in [0.5, 0.6) is 5.75 Å². The minimum Gasteiger partial charge on any atom is -0.494 e. The molecule has 0 N–H and O–H groups in total. The summed E-state index contributed by atoms with van der Waals surface area (Å²) in [5.74, 6) is -0.841. The van der Waals surface area contributed by atoms with Gasteiger partial charge < -0.3 is 9.64 Å². The first-order valence-corrected chi connectivity index (χ1v) is 6.68. The third-order valence-corrected chi connectivity index (χ3v) is 3.36. The monoisotopic (exact) mass is 315 g/mol. The van der Waals surface area contributed by atoms with Crippen molar-refractivity contribution in [1.82, 2.24) is 0 Å². The van der Waals surface area contributed by atoms with Crippen LogP contribution >= 0.6 is 0 Å². The molecule has 0 fully saturated rings. The highest BCUT2D eigenvalue weighted by molar-refractivity contribution is 5.66. The normalized spacial score (nSPS) is 10.0. The van der Waals surface area contributed by atoms with Crippen LogP contribution < -0.4 is 9.64 Å². The Morgan fingerprint density at radius 1 is 1.35 bits per heavy atom. The first-order chi connectivity index (χ1) is 11.0. The standard InChI is InChI=1S/C16H14FN3O3/c1-19(10-12-5-3-11(9-18)4-6-12)14-8-16(23-2)13(17)7-15(14)20(21)22/h3-8H,10H2,1-2H3. The largest absolute Gasteiger partial charge is 0.494 e. The fraction of sp³-hybridized carbons (Fsp3) is 0.188. The van der Waals surface area contributed by atoms with E-state index in [-0.39, 0.29) is 17.1 Å². The number of hydrogen-bond acceptors (Lipinski definition) is 5. The van der Waals surface area contributed by atoms with E-state index in [1.54, 1.807) is 36.2 Å². The van der Waals surface area contributed by atoms with Crippen molar-refractivity contribution < 1.29 is 14.1 Å². The van der Waals surface area contributed by atoms with E-state index >= 15 is 0 Å². The molecule has 0 aliphatic carbocycles. The smallest absolute Gasteiger partial charge is 0.295 e. The summed E-state index contributed by atoms with van der Waals surface area (Å²) < 4.78 is 18.6. The zero-order valence-corrected chi connectivity index (χ0v) is 12.6. The second-order valence-electron chi connectivity index (χ2n) is 4.90. The van der Waals surface area contributed by atoms with Crippen LogP contribution in [0, 0.1) is 27.3 Å². The van der Waals surface area contributed by atoms with Crippen LogP contribution in [-0.4, -0.2) is 19.1 Å². The van der Waals surface area contributed by atoms with Crippen LogP contribution in [0.1, 0.15) is 11.1 Å². The summed E-state index contributed by atoms with van der Waals surface area (Å²) in [5.41, 5.74) is 1.31. The summed E-state index contributed by atoms with van der Waals surface area (Å²) >= 11 is 0. The molecule has 0 aliphatic rings. The average molecular weight is 315 g/mol. The lowest BCUT2D eigenvalue weighted by atomic mass is 10.1. The number of nitro benzene ring substituents is 1. The number of anilines is 1. The molecule has 0 saturated carbocycles. The Morgan fingerprint density at radius 2 is 2.00 bits per heavy atom. The van der Waals surface area contributed by atoms with E-state index in [0.717, 1.165) is 11.6 Å². The number of benzene rings is 2. The van der Waals surface area contributed by atoms with Gasteiger partial charge in [0.2, 0.25) is 0 Å². The number of methoxy groups -OCH3 is 1. The molecule has 0 amide bonds. The average Bonchev–Trinajstić information content (AvgIpc) is 2.55. The molecule has 0 radical (unpaired) electrons. The summed E-state index contributed by atoms with van der Waals surface area (Å²) in [6.45, 7) is 0.362. The molecule has 0 spiro atoms. The van der Waals surface area contributed by atoms with Crippen LogP contribution in [0.3, 0.4) is 0 Å². The first kappa shape index (κ1) is 16.2. The van der Waals surface area contributed by atoms with Crippen LogP contribution in [-0.2, 0) is 6.54 Å². The second kappa shape index (κ2) is 6.75. The van der Waals surface area contributed by atoms with Crippen LogP contribution in [0.15, 0.2) is 36.4 Å². The lowest BCUT2D eigenvalue weighted by molar-refractivity contribution is -0.384. The topological polar surface area (TPSA) is 79.4 Å². The Hall–Kier alpha value is -3.14. The van der Waals surface area contributed by atoms with E-state index in [4.69, 9.17) is 10.00 Å². The van der Waals surface area contributed by atoms with Gasteiger partial charge in [-0.25, -0.2) is 4.39 Å². The maximum absolute atomic E-state index is 13.7. The van der Waals surface area contributed by atoms with Gasteiger partial charge in [-0.1, -0.05) is 12.1 Å². The fourth-order valence-electron chi connectivity index (χ4n) is 2.18. The zero-order valence-electron chi connectivity index (χ0n) is 12.6. The van der Waals surface area contributed by atoms with Crippen molar-refractivity contribution in [3.8, 4) is 11.8 Å². The molecule has 6 nitrogen and oxygen atoms in total. The zero-order chi connectivity index (χ0) is 17.0. The Morgan fingerprint density at radius 3 is 2.52 bits per heavy atom. The van der Waals surface area contributed by atoms with E-state index in [2.05, 4.69) is 0 Å². The minimum absolute atomic E-state index is 0.0581. The van der Waals surface area contributed by atoms with E-state index in [1.807, 2.05) is 6.07 Å². The molecule has 118 valence electrons. The van der Waals surface area contributed by atoms with Gasteiger partial charge >= 0.3 is 0 Å². The molecular formula is C16H14FN3O3. The molecule has 0 aromatic heterocycles. The molecule has 7 heteroatoms. The first-order valence-electron chi connectivity index (χ1n) is 6.68. The van der Waals surface area contributed by atoms with Gasteiger partial charge in [-0.05, 0) is 17.7 Å². The van der Waals surface area contributed by atoms with E-state index in [0.29, 0.717) is 12.1 Å². The second-order valence-corrected chi connectivity index (χ2v) is 4.90. The van der Waals surface area contributed by atoms with Crippen molar-refractivity contribution >= 4 is 11.4 Å². The number of nitriles is 1. The maximum atomic E-state index is 13.7. The summed E-state index contributed by atoms with van der Waals surface area (Å²) in [6, 6.07) is 11.0. The molecule has 0 bridgehead atoms. The molecule has 0 atom stereocenters. The number of ether oxygens (including phenoxy) is 1. The molecule has 0 heterocycles. The lowest BCUT2D eigenvalue weighted by Gasteiger charge is -2.20. The van der Waals surface area contributed by atoms with Gasteiger partial charge in [-0.15, -0.1) is 0 Å². The Labute approximate surface area is 132 Å². The SMILES string of the molecule is COc1cc(N(C)Cc2ccc(C#N)cc2)c([N+](=O)[O-])cc1F. The van der Waals surface area contributed by atoms with Crippen molar-refractivity contribution in [3.63, 3.8) is 0 Å². The molecule has 2 aromatic carbocycles. The number of rotatable bonds is 5. The number of nitro groups is 1. The molecule has 0 saturated heterocycles. The third kappa shape index (κ3) is 3.55. The van der Waals surface area contributed by atoms with Gasteiger partial charge in [0, 0.05) is 19.7 Å². The molecule has 0 aliphatic heterocycles. The molecule has 2 rings (SSSR count). The third-order valence-electron chi connectivity index (χ3n) is 3.36. The molecule has 0 unspecified atom stereocenters. The quantitative estimate of drug-likeness (QED) is 0.625. The van der Waals surface area contributed by atoms with Crippen molar-refractivity contribution in [2.45, 2.75) is 6.54 Å². The summed E-state index contributed by atoms with van der Waals surface area (Å²) in [4.78, 5) is 12.1. The Bertz CT molecular complexity index is 769. The van der Waals surface area contributed by atoms with Crippen molar-refractivity contribution in [2.75, 3.05) is 19.1 Å². The molecular weight excluding hydrogens is 301 g/mol. The summed E-state index contributed by atoms with van der Waals surface area (Å²) in [7, 11) is 2.96. The van der Waals surface area contributed by atoms with Crippen molar-refractivity contribution in [1.29, 1.82) is 5.26 Å². The van der Waals surface area contributed by atoms with Gasteiger partial charge in [-0.2, -0.15) is 5.26 Å². The molecule has 23 heavy (non-hydrogen) atoms. The predicted molar refractivity (Wildman–Crippen MR) is 82.9 cm³/mol. The fourth-order valence-corrected chi connectivity index (χ4v) is 2.18. The van der Waals surface area contributed by atoms with Crippen LogP contribution in [0.25, 0.3) is 0 Å². The predicted octanol–water partition coefficient (Wildman–Crippen LogP) is 3.25. The van der Waals surface area contributed by atoms with Gasteiger partial charge in [0.1, 0.15) is 5.69 Å². The lowest BCUT2D eigenvalue weighted by Crippen LogP contribution is -2.18. The Kier molecular flexibility index (Phi) is 4.76. The highest BCUT2D eigenvalue weighted by Crippen LogP contribution is 2.34. The number of hydrogen-bond donors (Lipinski definition) is 0. The van der Waals surface area contributed by atoms with Crippen LogP contribution in [0.2, 0.25) is 0 Å². The highest BCUT2D eigenvalue weighted by atomic mass is 19.1. The van der Waals surface area contributed by atoms with Gasteiger partial charge in [0.15, 0.2) is 11.6 Å². The van der Waals surface area contributed by atoms with E-state index in [1.165, 1.54) is 13.2 Å². The Balaban J connectivity index is 2.35. The van der Waals surface area contributed by atoms with Gasteiger partial charge in [0.25, 0.3) is 5.69 Å². The highest BCUT2D eigenvalue weighted by Gasteiger charge is 2.21. The van der Waals surface area contributed by atoms with Crippen LogP contribution in [0.4, 0.5) is 15.8 Å². The van der Waals surface area contributed by atoms with E-state index in [9.17, 15) is 14.5 Å². The van der Waals surface area contributed by atoms with Crippen molar-refractivity contribution in [2.24, 2.45) is 0 Å². The summed E-state index contributed by atoms with van der Waals surface area (Å²) in [6.07, 6.45) is 0. The van der Waals surface area contributed by atoms with Gasteiger partial charge in [-0.3, -0.25) is 10.1 Å². The molecule has 2 aromatic rings. The maximum Gasteiger partial charge on any atom is 0.295 e. The number of halogens is 1. The minimum atomic E-state index is -0.783. The van der Waals surface area contributed by atoms with Crippen molar-refractivity contribution in [3.05, 3.63) is 63.5 Å². The van der Waals surface area contributed by atoms with E-state index < -0.39 is 10.7 Å². The van der Waals surface area contributed by atoms with Gasteiger partial charge in [0.05, 0.1) is 29.7 Å². The number of nitrogens with zero attached hydrogens (tertiary/aromatic N) is 3.